The molecule has 0 aliphatic heterocycles. The lowest BCUT2D eigenvalue weighted by Crippen LogP contribution is -2.01. The van der Waals surface area contributed by atoms with E-state index in [0.717, 1.165) is 0 Å². The van der Waals surface area contributed by atoms with E-state index in [1.54, 1.807) is 26.0 Å². The first kappa shape index (κ1) is 17.0. The number of carbonyl (C=O) groups excluding carboxylic acids is 2. The van der Waals surface area contributed by atoms with Gasteiger partial charge in [0.25, 0.3) is 0 Å². The number of imidazole rings is 2. The molecule has 0 spiro atoms. The average molecular weight is 370 g/mol. The number of H-pyrrole nitrogens is 2. The van der Waals surface area contributed by atoms with Crippen LogP contribution in [-0.2, 0) is 0 Å². The summed E-state index contributed by atoms with van der Waals surface area (Å²) in [5.41, 5.74) is 4.83. The lowest BCUT2D eigenvalue weighted by atomic mass is 9.94. The van der Waals surface area contributed by atoms with E-state index in [9.17, 15) is 9.59 Å². The molecule has 0 atom stereocenters. The van der Waals surface area contributed by atoms with Crippen LogP contribution in [-0.4, -0.2) is 47.2 Å². The molecule has 4 radical (unpaired) electrons. The third kappa shape index (κ3) is 3.91. The van der Waals surface area contributed by atoms with Crippen molar-refractivity contribution in [2.75, 3.05) is 0 Å². The third-order valence-electron chi connectivity index (χ3n) is 4.10. The van der Waals surface area contributed by atoms with Crippen molar-refractivity contribution in [3.8, 4) is 0 Å². The van der Waals surface area contributed by atoms with Crippen LogP contribution >= 0.6 is 0 Å². The van der Waals surface area contributed by atoms with Gasteiger partial charge in [-0.15, -0.1) is 0 Å². The molecule has 0 fully saturated rings. The van der Waals surface area contributed by atoms with Gasteiger partial charge in [0.15, 0.2) is 23.2 Å². The van der Waals surface area contributed by atoms with E-state index in [1.165, 1.54) is 13.8 Å². The van der Waals surface area contributed by atoms with Gasteiger partial charge in [0, 0.05) is 13.8 Å². The van der Waals surface area contributed by atoms with E-state index in [2.05, 4.69) is 19.9 Å². The Kier molecular flexibility index (Phi) is 4.53. The van der Waals surface area contributed by atoms with Crippen LogP contribution in [0.15, 0.2) is 24.2 Å². The Morgan fingerprint density at radius 1 is 0.857 bits per heavy atom. The molecular formula is C20H18B2N4O2. The monoisotopic (exact) mass is 370 g/mol. The van der Waals surface area contributed by atoms with Gasteiger partial charge in [-0.1, -0.05) is 23.0 Å². The second-order valence-electron chi connectivity index (χ2n) is 6.51. The minimum Gasteiger partial charge on any atom is -0.335 e. The molecule has 2 aromatic heterocycles. The van der Waals surface area contributed by atoms with E-state index >= 15 is 0 Å². The topological polar surface area (TPSA) is 91.5 Å². The van der Waals surface area contributed by atoms with Crippen LogP contribution in [0, 0.1) is 13.8 Å². The lowest BCUT2D eigenvalue weighted by molar-refractivity contribution is 0.0996. The molecule has 0 aliphatic rings. The van der Waals surface area contributed by atoms with Gasteiger partial charge in [-0.3, -0.25) is 9.59 Å². The number of fused-ring (bicyclic) bond motifs is 2. The van der Waals surface area contributed by atoms with Crippen molar-refractivity contribution < 1.29 is 12.3 Å². The number of carbonyl (C=O) groups is 2. The Morgan fingerprint density at radius 3 is 1.54 bits per heavy atom. The summed E-state index contributed by atoms with van der Waals surface area (Å²) in [6.07, 6.45) is 0. The van der Waals surface area contributed by atoms with Crippen molar-refractivity contribution in [1.82, 2.24) is 19.9 Å². The van der Waals surface area contributed by atoms with Crippen LogP contribution in [0.4, 0.5) is 0 Å². The third-order valence-corrected chi connectivity index (χ3v) is 4.10. The summed E-state index contributed by atoms with van der Waals surface area (Å²) in [5.74, 6) is 0.350. The summed E-state index contributed by atoms with van der Waals surface area (Å²) in [6.45, 7) is 6.42. The van der Waals surface area contributed by atoms with Gasteiger partial charge in [-0.05, 0) is 37.1 Å². The van der Waals surface area contributed by atoms with Gasteiger partial charge in [-0.2, -0.15) is 0 Å². The summed E-state index contributed by atoms with van der Waals surface area (Å²) in [6, 6.07) is 3.79. The number of hydrogen-bond acceptors (Lipinski definition) is 4. The van der Waals surface area contributed by atoms with Crippen molar-refractivity contribution in [2.45, 2.75) is 27.7 Å². The van der Waals surface area contributed by atoms with E-state index in [1.807, 2.05) is 0 Å². The molecule has 0 aliphatic carbocycles. The summed E-state index contributed by atoms with van der Waals surface area (Å²) < 4.78 is 15.4. The summed E-state index contributed by atoms with van der Waals surface area (Å²) in [5, 5.41) is 0. The maximum Gasteiger partial charge on any atom is 0.195 e. The van der Waals surface area contributed by atoms with Gasteiger partial charge >= 0.3 is 0 Å². The van der Waals surface area contributed by atoms with E-state index < -0.39 is 0 Å². The van der Waals surface area contributed by atoms with Crippen LogP contribution in [0.1, 0.15) is 49.0 Å². The normalized spacial score (nSPS) is 11.7. The van der Waals surface area contributed by atoms with Gasteiger partial charge in [0.2, 0.25) is 0 Å². The molecule has 136 valence electrons. The molecule has 2 aromatic carbocycles. The smallest absolute Gasteiger partial charge is 0.195 e. The number of aromatic amines is 2. The highest BCUT2D eigenvalue weighted by Crippen LogP contribution is 2.15. The van der Waals surface area contributed by atoms with E-state index in [-0.39, 0.29) is 23.7 Å². The molecule has 4 aromatic rings. The fraction of sp³-hybridized carbons (Fsp3) is 0.200. The highest BCUT2D eigenvalue weighted by molar-refractivity contribution is 6.33. The SMILES string of the molecule is [2H]c1c([B])cc2[nH]c(C(C)=O)nc2c1C.[2H]c1c([B])cc2[nH]c(C(C)=O)nc2c1C. The first-order valence-electron chi connectivity index (χ1n) is 9.53. The van der Waals surface area contributed by atoms with E-state index in [0.29, 0.717) is 55.8 Å². The minimum absolute atomic E-state index is 0.129. The van der Waals surface area contributed by atoms with Crippen LogP contribution in [0.5, 0.6) is 0 Å². The Labute approximate surface area is 167 Å². The second kappa shape index (κ2) is 7.46. The Hall–Kier alpha value is -3.15. The van der Waals surface area contributed by atoms with Gasteiger partial charge in [0.1, 0.15) is 15.7 Å². The molecule has 2 heterocycles. The van der Waals surface area contributed by atoms with Gasteiger partial charge < -0.3 is 9.97 Å². The first-order chi connectivity index (χ1) is 14.0. The van der Waals surface area contributed by atoms with Crippen LogP contribution in [0.25, 0.3) is 22.1 Å². The molecule has 0 amide bonds. The predicted molar refractivity (Wildman–Crippen MR) is 112 cm³/mol. The number of ketones is 2. The summed E-state index contributed by atoms with van der Waals surface area (Å²) in [7, 11) is 11.3. The fourth-order valence-electron chi connectivity index (χ4n) is 2.82. The van der Waals surface area contributed by atoms with E-state index in [4.69, 9.17) is 18.4 Å². The highest BCUT2D eigenvalue weighted by Gasteiger charge is 2.09. The largest absolute Gasteiger partial charge is 0.335 e. The maximum absolute atomic E-state index is 11.1. The molecule has 2 N–H and O–H groups in total. The van der Waals surface area contributed by atoms with Crippen molar-refractivity contribution >= 4 is 60.3 Å². The number of nitrogens with one attached hydrogen (secondary N) is 2. The highest BCUT2D eigenvalue weighted by atomic mass is 16.1. The molecule has 28 heavy (non-hydrogen) atoms. The number of hydrogen-bond donors (Lipinski definition) is 2. The summed E-state index contributed by atoms with van der Waals surface area (Å²) in [4.78, 5) is 36.3. The van der Waals surface area contributed by atoms with Gasteiger partial charge in [0.05, 0.1) is 24.8 Å². The molecule has 0 unspecified atom stereocenters. The van der Waals surface area contributed by atoms with Crippen LogP contribution in [0.2, 0.25) is 0 Å². The molecule has 0 saturated heterocycles. The molecule has 4 rings (SSSR count). The van der Waals surface area contributed by atoms with Crippen molar-refractivity contribution in [3.05, 3.63) is 47.0 Å². The number of nitrogens with zero attached hydrogens (tertiary/aromatic N) is 2. The Balaban J connectivity index is 0.000000171. The quantitative estimate of drug-likeness (QED) is 0.415. The lowest BCUT2D eigenvalue weighted by Gasteiger charge is -1.96. The Bertz CT molecular complexity index is 1230. The van der Waals surface area contributed by atoms with Crippen molar-refractivity contribution in [1.29, 1.82) is 0 Å². The zero-order valence-corrected chi connectivity index (χ0v) is 16.0. The zero-order valence-electron chi connectivity index (χ0n) is 18.0. The fourth-order valence-corrected chi connectivity index (χ4v) is 2.82. The standard InChI is InChI=1S/2C10H9BN2O/c2*1-5-3-7(11)4-8-9(5)13-10(12-8)6(2)14/h2*3-4H,1-2H3,(H,12,13)/i2*3D. The number of Topliss-reactive ketones (excluding diaryl/α,β-unsaturated/α-hetero) is 2. The van der Waals surface area contributed by atoms with Gasteiger partial charge in [-0.25, -0.2) is 9.97 Å². The predicted octanol–water partition coefficient (Wildman–Crippen LogP) is 1.74. The molecule has 6 nitrogen and oxygen atoms in total. The summed E-state index contributed by atoms with van der Waals surface area (Å²) >= 11 is 0. The first-order valence-corrected chi connectivity index (χ1v) is 8.53. The molecule has 0 bridgehead atoms. The maximum atomic E-state index is 11.1. The van der Waals surface area contributed by atoms with Crippen LogP contribution < -0.4 is 10.9 Å². The molecule has 0 saturated carbocycles. The number of aryl methyl sites for hydroxylation is 2. The second-order valence-corrected chi connectivity index (χ2v) is 6.51. The number of aromatic nitrogens is 4. The van der Waals surface area contributed by atoms with Crippen molar-refractivity contribution in [3.63, 3.8) is 0 Å². The minimum atomic E-state index is -0.129. The Morgan fingerprint density at radius 2 is 1.21 bits per heavy atom. The average Bonchev–Trinajstić information content (AvgIpc) is 3.30. The number of rotatable bonds is 2. The van der Waals surface area contributed by atoms with Crippen molar-refractivity contribution in [2.24, 2.45) is 0 Å². The van der Waals surface area contributed by atoms with Crippen LogP contribution in [0.3, 0.4) is 0 Å². The molecule has 8 heteroatoms. The number of benzene rings is 2. The zero-order chi connectivity index (χ0) is 22.3. The molecular weight excluding hydrogens is 350 g/mol.